The van der Waals surface area contributed by atoms with Gasteiger partial charge in [0.1, 0.15) is 0 Å². The summed E-state index contributed by atoms with van der Waals surface area (Å²) in [4.78, 5) is 11.6. The van der Waals surface area contributed by atoms with Gasteiger partial charge in [0.15, 0.2) is 0 Å². The third kappa shape index (κ3) is 3.15. The molecule has 0 unspecified atom stereocenters. The average Bonchev–Trinajstić information content (AvgIpc) is 2.15. The number of carbonyl (C=O) groups excluding carboxylic acids is 1. The van der Waals surface area contributed by atoms with Crippen molar-refractivity contribution in [3.05, 3.63) is 29.8 Å². The molecule has 0 N–H and O–H groups in total. The van der Waals surface area contributed by atoms with Crippen LogP contribution in [-0.4, -0.2) is 19.6 Å². The van der Waals surface area contributed by atoms with Crippen molar-refractivity contribution < 1.29 is 23.1 Å². The highest BCUT2D eigenvalue weighted by atomic mass is 19.4. The fraction of sp³-hybridized carbons (Fsp3) is 0.300. The first-order valence-electron chi connectivity index (χ1n) is 4.39. The lowest BCUT2D eigenvalue weighted by atomic mass is 10.2. The molecule has 1 aromatic carbocycles. The Bertz CT molecular complexity index is 373. The fourth-order valence-electron chi connectivity index (χ4n) is 1.19. The summed E-state index contributed by atoms with van der Waals surface area (Å²) in [5, 5.41) is 10.3. The molecule has 0 amide bonds. The van der Waals surface area contributed by atoms with Gasteiger partial charge in [0, 0.05) is 12.7 Å². The minimum Gasteiger partial charge on any atom is -0.548 e. The maximum Gasteiger partial charge on any atom is 0.416 e. The number of rotatable bonds is 3. The van der Waals surface area contributed by atoms with Crippen LogP contribution >= 0.6 is 0 Å². The monoisotopic (exact) mass is 232 g/mol. The number of alkyl halides is 3. The number of likely N-dealkylation sites (N-methyl/N-ethyl adjacent to an activating group) is 1. The molecule has 0 aliphatic heterocycles. The molecule has 3 nitrogen and oxygen atoms in total. The third-order valence-electron chi connectivity index (χ3n) is 2.00. The molecule has 0 aromatic heterocycles. The highest BCUT2D eigenvalue weighted by Crippen LogP contribution is 2.30. The molecule has 0 bridgehead atoms. The molecule has 0 aliphatic rings. The van der Waals surface area contributed by atoms with E-state index >= 15 is 0 Å². The number of aliphatic carboxylic acids is 1. The number of carboxylic acids is 1. The van der Waals surface area contributed by atoms with E-state index in [1.807, 2.05) is 0 Å². The number of hydrogen-bond donors (Lipinski definition) is 0. The first-order chi connectivity index (χ1) is 7.30. The summed E-state index contributed by atoms with van der Waals surface area (Å²) in [5.74, 6) is -1.29. The number of hydrogen-bond acceptors (Lipinski definition) is 3. The van der Waals surface area contributed by atoms with Crippen LogP contribution in [0.5, 0.6) is 0 Å². The summed E-state index contributed by atoms with van der Waals surface area (Å²) >= 11 is 0. The summed E-state index contributed by atoms with van der Waals surface area (Å²) in [6, 6.07) is 4.24. The standard InChI is InChI=1S/C10H10F3NO2/c1-14(6-9(15)16)8-4-2-7(3-5-8)10(11,12)13/h2-5H,6H2,1H3,(H,15,16)/p-1. The second-order valence-corrected chi connectivity index (χ2v) is 3.27. The molecule has 16 heavy (non-hydrogen) atoms. The minimum atomic E-state index is -4.38. The van der Waals surface area contributed by atoms with E-state index in [9.17, 15) is 23.1 Å². The van der Waals surface area contributed by atoms with E-state index in [4.69, 9.17) is 0 Å². The Morgan fingerprint density at radius 1 is 1.31 bits per heavy atom. The highest BCUT2D eigenvalue weighted by molar-refractivity contribution is 5.71. The Hall–Kier alpha value is -1.72. The molecule has 0 saturated heterocycles. The van der Waals surface area contributed by atoms with Crippen molar-refractivity contribution in [2.45, 2.75) is 6.18 Å². The molecule has 0 aliphatic carbocycles. The fourth-order valence-corrected chi connectivity index (χ4v) is 1.19. The van der Waals surface area contributed by atoms with Crippen LogP contribution < -0.4 is 10.0 Å². The van der Waals surface area contributed by atoms with Crippen LogP contribution in [0.4, 0.5) is 18.9 Å². The molecule has 1 rings (SSSR count). The summed E-state index contributed by atoms with van der Waals surface area (Å²) in [6.45, 7) is -0.370. The summed E-state index contributed by atoms with van der Waals surface area (Å²) in [6.07, 6.45) is -4.38. The molecule has 88 valence electrons. The van der Waals surface area contributed by atoms with Crippen molar-refractivity contribution in [1.82, 2.24) is 0 Å². The zero-order valence-electron chi connectivity index (χ0n) is 8.41. The molecule has 0 atom stereocenters. The number of carboxylic acid groups (broad SMARTS) is 1. The molecular formula is C10H9F3NO2-. The van der Waals surface area contributed by atoms with E-state index in [2.05, 4.69) is 0 Å². The second kappa shape index (κ2) is 4.42. The number of nitrogens with zero attached hydrogens (tertiary/aromatic N) is 1. The number of benzene rings is 1. The zero-order valence-corrected chi connectivity index (χ0v) is 8.41. The maximum absolute atomic E-state index is 12.2. The molecule has 0 heterocycles. The molecule has 0 fully saturated rings. The van der Waals surface area contributed by atoms with Crippen LogP contribution in [0, 0.1) is 0 Å². The van der Waals surface area contributed by atoms with Crippen molar-refractivity contribution in [1.29, 1.82) is 0 Å². The molecule has 0 spiro atoms. The largest absolute Gasteiger partial charge is 0.548 e. The Morgan fingerprint density at radius 3 is 2.19 bits per heavy atom. The Balaban J connectivity index is 2.83. The lowest BCUT2D eigenvalue weighted by Gasteiger charge is -2.20. The van der Waals surface area contributed by atoms with Gasteiger partial charge in [-0.05, 0) is 24.3 Å². The zero-order chi connectivity index (χ0) is 12.3. The molecule has 1 aromatic rings. The Kier molecular flexibility index (Phi) is 3.41. The van der Waals surface area contributed by atoms with Crippen molar-refractivity contribution in [3.63, 3.8) is 0 Å². The Labute approximate surface area is 90.1 Å². The molecular weight excluding hydrogens is 223 g/mol. The number of halogens is 3. The van der Waals surface area contributed by atoms with E-state index in [1.165, 1.54) is 24.1 Å². The maximum atomic E-state index is 12.2. The Morgan fingerprint density at radius 2 is 1.81 bits per heavy atom. The quantitative estimate of drug-likeness (QED) is 0.777. The molecule has 6 heteroatoms. The average molecular weight is 232 g/mol. The summed E-state index contributed by atoms with van der Waals surface area (Å²) < 4.78 is 36.6. The van der Waals surface area contributed by atoms with E-state index < -0.39 is 17.7 Å². The number of carbonyl (C=O) groups is 1. The van der Waals surface area contributed by atoms with Gasteiger partial charge >= 0.3 is 6.18 Å². The lowest BCUT2D eigenvalue weighted by Crippen LogP contribution is -2.35. The van der Waals surface area contributed by atoms with E-state index in [0.29, 0.717) is 5.69 Å². The molecule has 0 radical (unpaired) electrons. The van der Waals surface area contributed by atoms with Crippen LogP contribution in [0.15, 0.2) is 24.3 Å². The summed E-state index contributed by atoms with van der Waals surface area (Å²) in [5.41, 5.74) is -0.379. The summed E-state index contributed by atoms with van der Waals surface area (Å²) in [7, 11) is 1.46. The van der Waals surface area contributed by atoms with Gasteiger partial charge in [-0.25, -0.2) is 0 Å². The van der Waals surface area contributed by atoms with Gasteiger partial charge in [-0.3, -0.25) is 0 Å². The predicted octanol–water partition coefficient (Wildman–Crippen LogP) is 0.891. The minimum absolute atomic E-state index is 0.370. The van der Waals surface area contributed by atoms with Crippen LogP contribution in [0.1, 0.15) is 5.56 Å². The van der Waals surface area contributed by atoms with E-state index in [0.717, 1.165) is 12.1 Å². The smallest absolute Gasteiger partial charge is 0.416 e. The van der Waals surface area contributed by atoms with Gasteiger partial charge in [-0.2, -0.15) is 13.2 Å². The van der Waals surface area contributed by atoms with Gasteiger partial charge in [0.25, 0.3) is 0 Å². The van der Waals surface area contributed by atoms with Crippen LogP contribution in [0.2, 0.25) is 0 Å². The SMILES string of the molecule is CN(CC(=O)[O-])c1ccc(C(F)(F)F)cc1. The number of anilines is 1. The van der Waals surface area contributed by atoms with Gasteiger partial charge in [0.2, 0.25) is 0 Å². The normalized spacial score (nSPS) is 11.2. The third-order valence-corrected chi connectivity index (χ3v) is 2.00. The van der Waals surface area contributed by atoms with Crippen LogP contribution in [-0.2, 0) is 11.0 Å². The van der Waals surface area contributed by atoms with E-state index in [-0.39, 0.29) is 6.54 Å². The van der Waals surface area contributed by atoms with E-state index in [1.54, 1.807) is 0 Å². The van der Waals surface area contributed by atoms with Gasteiger partial charge in [0.05, 0.1) is 18.1 Å². The highest BCUT2D eigenvalue weighted by Gasteiger charge is 2.29. The first kappa shape index (κ1) is 12.4. The first-order valence-corrected chi connectivity index (χ1v) is 4.39. The van der Waals surface area contributed by atoms with Gasteiger partial charge < -0.3 is 14.8 Å². The predicted molar refractivity (Wildman–Crippen MR) is 49.7 cm³/mol. The van der Waals surface area contributed by atoms with Crippen LogP contribution in [0.25, 0.3) is 0 Å². The molecule has 0 saturated carbocycles. The van der Waals surface area contributed by atoms with Gasteiger partial charge in [-0.1, -0.05) is 0 Å². The van der Waals surface area contributed by atoms with Crippen molar-refractivity contribution in [2.75, 3.05) is 18.5 Å². The van der Waals surface area contributed by atoms with Crippen molar-refractivity contribution >= 4 is 11.7 Å². The van der Waals surface area contributed by atoms with Gasteiger partial charge in [-0.15, -0.1) is 0 Å². The lowest BCUT2D eigenvalue weighted by molar-refractivity contribution is -0.303. The second-order valence-electron chi connectivity index (χ2n) is 3.27. The van der Waals surface area contributed by atoms with Crippen molar-refractivity contribution in [3.8, 4) is 0 Å². The van der Waals surface area contributed by atoms with Crippen molar-refractivity contribution in [2.24, 2.45) is 0 Å². The topological polar surface area (TPSA) is 43.4 Å². The van der Waals surface area contributed by atoms with Crippen LogP contribution in [0.3, 0.4) is 0 Å².